The fraction of sp³-hybridized carbons (Fsp3) is 0.588. The minimum Gasteiger partial charge on any atom is -0.374 e. The molecule has 0 aliphatic carbocycles. The van der Waals surface area contributed by atoms with Crippen molar-refractivity contribution in [2.75, 3.05) is 33.3 Å². The largest absolute Gasteiger partial charge is 0.416 e. The molecule has 1 aliphatic rings. The van der Waals surface area contributed by atoms with Gasteiger partial charge < -0.3 is 15.0 Å². The van der Waals surface area contributed by atoms with Gasteiger partial charge in [-0.15, -0.1) is 0 Å². The number of halogens is 3. The highest BCUT2D eigenvalue weighted by Gasteiger charge is 2.30. The molecule has 4 nitrogen and oxygen atoms in total. The van der Waals surface area contributed by atoms with Crippen molar-refractivity contribution >= 4 is 5.91 Å². The third-order valence-electron chi connectivity index (χ3n) is 4.17. The Balaban J connectivity index is 1.80. The fourth-order valence-corrected chi connectivity index (χ4v) is 2.69. The molecule has 1 aliphatic heterocycles. The molecule has 0 spiro atoms. The van der Waals surface area contributed by atoms with E-state index < -0.39 is 11.7 Å². The molecular weight excluding hydrogens is 321 g/mol. The number of rotatable bonds is 5. The van der Waals surface area contributed by atoms with Crippen molar-refractivity contribution in [1.82, 2.24) is 10.2 Å². The second kappa shape index (κ2) is 7.98. The van der Waals surface area contributed by atoms with E-state index >= 15 is 0 Å². The number of morpholine rings is 1. The summed E-state index contributed by atoms with van der Waals surface area (Å²) < 4.78 is 43.2. The van der Waals surface area contributed by atoms with Gasteiger partial charge in [-0.05, 0) is 30.7 Å². The summed E-state index contributed by atoms with van der Waals surface area (Å²) in [5, 5.41) is 2.84. The number of amides is 1. The zero-order valence-corrected chi connectivity index (χ0v) is 13.9. The molecule has 1 aromatic carbocycles. The Hall–Kier alpha value is -1.60. The van der Waals surface area contributed by atoms with Crippen molar-refractivity contribution in [1.29, 1.82) is 0 Å². The SMILES string of the molecule is C[C@@H](CC(=O)NC[C@H]1CN(C)CCO1)c1ccc(C(F)(F)F)cc1. The van der Waals surface area contributed by atoms with Crippen LogP contribution in [-0.4, -0.2) is 50.2 Å². The fourth-order valence-electron chi connectivity index (χ4n) is 2.69. The van der Waals surface area contributed by atoms with Crippen molar-refractivity contribution < 1.29 is 22.7 Å². The first-order valence-corrected chi connectivity index (χ1v) is 7.99. The maximum atomic E-state index is 12.6. The standard InChI is InChI=1S/C17H23F3N2O2/c1-12(13-3-5-14(6-4-13)17(18,19)20)9-16(23)21-10-15-11-22(2)7-8-24-15/h3-6,12,15H,7-11H2,1-2H3,(H,21,23)/t12-,15-/m0/s1. The molecule has 0 saturated carbocycles. The second-order valence-corrected chi connectivity index (χ2v) is 6.28. The van der Waals surface area contributed by atoms with Crippen molar-refractivity contribution in [3.05, 3.63) is 35.4 Å². The predicted octanol–water partition coefficient (Wildman–Crippen LogP) is 2.65. The summed E-state index contributed by atoms with van der Waals surface area (Å²) in [5.74, 6) is -0.276. The number of nitrogens with zero attached hydrogens (tertiary/aromatic N) is 1. The minimum absolute atomic E-state index is 0.0194. The lowest BCUT2D eigenvalue weighted by Gasteiger charge is -2.30. The van der Waals surface area contributed by atoms with Crippen molar-refractivity contribution in [3.8, 4) is 0 Å². The number of carbonyl (C=O) groups is 1. The number of hydrogen-bond acceptors (Lipinski definition) is 3. The monoisotopic (exact) mass is 344 g/mol. The van der Waals surface area contributed by atoms with E-state index in [4.69, 9.17) is 4.74 Å². The molecule has 0 unspecified atom stereocenters. The number of nitrogens with one attached hydrogen (secondary N) is 1. The number of carbonyl (C=O) groups excluding carboxylic acids is 1. The predicted molar refractivity (Wildman–Crippen MR) is 84.7 cm³/mol. The van der Waals surface area contributed by atoms with E-state index in [1.165, 1.54) is 12.1 Å². The van der Waals surface area contributed by atoms with Gasteiger partial charge in [0.15, 0.2) is 0 Å². The molecule has 0 bridgehead atoms. The summed E-state index contributed by atoms with van der Waals surface area (Å²) in [6.07, 6.45) is -4.13. The highest BCUT2D eigenvalue weighted by molar-refractivity contribution is 5.76. The van der Waals surface area contributed by atoms with E-state index in [-0.39, 0.29) is 24.3 Å². The Morgan fingerprint density at radius 2 is 2.04 bits per heavy atom. The van der Waals surface area contributed by atoms with Gasteiger partial charge in [-0.3, -0.25) is 4.79 Å². The minimum atomic E-state index is -4.34. The number of alkyl halides is 3. The van der Waals surface area contributed by atoms with Gasteiger partial charge in [-0.1, -0.05) is 19.1 Å². The van der Waals surface area contributed by atoms with Crippen molar-refractivity contribution in [3.63, 3.8) is 0 Å². The van der Waals surface area contributed by atoms with Crippen LogP contribution in [0.2, 0.25) is 0 Å². The summed E-state index contributed by atoms with van der Waals surface area (Å²) in [7, 11) is 2.00. The molecule has 2 rings (SSSR count). The first-order valence-electron chi connectivity index (χ1n) is 7.99. The highest BCUT2D eigenvalue weighted by Crippen LogP contribution is 2.30. The molecule has 1 N–H and O–H groups in total. The van der Waals surface area contributed by atoms with Gasteiger partial charge in [0.2, 0.25) is 5.91 Å². The Morgan fingerprint density at radius 1 is 1.38 bits per heavy atom. The Bertz CT molecular complexity index is 546. The van der Waals surface area contributed by atoms with Gasteiger partial charge in [-0.2, -0.15) is 13.2 Å². The van der Waals surface area contributed by atoms with E-state index in [0.29, 0.717) is 18.7 Å². The molecule has 0 aromatic heterocycles. The quantitative estimate of drug-likeness (QED) is 0.893. The van der Waals surface area contributed by atoms with Crippen LogP contribution < -0.4 is 5.32 Å². The van der Waals surface area contributed by atoms with Gasteiger partial charge >= 0.3 is 6.18 Å². The maximum Gasteiger partial charge on any atom is 0.416 e. The number of ether oxygens (including phenoxy) is 1. The third-order valence-corrected chi connectivity index (χ3v) is 4.17. The zero-order chi connectivity index (χ0) is 17.7. The van der Waals surface area contributed by atoms with Crippen LogP contribution in [0, 0.1) is 0 Å². The Kier molecular flexibility index (Phi) is 6.23. The molecule has 7 heteroatoms. The van der Waals surface area contributed by atoms with E-state index in [2.05, 4.69) is 10.2 Å². The van der Waals surface area contributed by atoms with E-state index in [0.717, 1.165) is 25.2 Å². The van der Waals surface area contributed by atoms with Gasteiger partial charge in [0.05, 0.1) is 18.3 Å². The van der Waals surface area contributed by atoms with Crippen LogP contribution in [-0.2, 0) is 15.7 Å². The molecule has 24 heavy (non-hydrogen) atoms. The lowest BCUT2D eigenvalue weighted by atomic mass is 9.96. The van der Waals surface area contributed by atoms with Crippen LogP contribution in [0.25, 0.3) is 0 Å². The molecule has 1 heterocycles. The summed E-state index contributed by atoms with van der Waals surface area (Å²) in [6.45, 7) is 4.58. The molecule has 1 aromatic rings. The summed E-state index contributed by atoms with van der Waals surface area (Å²) >= 11 is 0. The van der Waals surface area contributed by atoms with E-state index in [1.807, 2.05) is 14.0 Å². The lowest BCUT2D eigenvalue weighted by molar-refractivity contribution is -0.137. The molecule has 1 fully saturated rings. The number of benzene rings is 1. The average Bonchev–Trinajstić information content (AvgIpc) is 2.52. The summed E-state index contributed by atoms with van der Waals surface area (Å²) in [5.41, 5.74) is 0.0354. The number of hydrogen-bond donors (Lipinski definition) is 1. The molecule has 2 atom stereocenters. The first-order chi connectivity index (χ1) is 11.3. The number of likely N-dealkylation sites (N-methyl/N-ethyl adjacent to an activating group) is 1. The van der Waals surface area contributed by atoms with Crippen LogP contribution in [0.5, 0.6) is 0 Å². The van der Waals surface area contributed by atoms with Gasteiger partial charge in [0.1, 0.15) is 0 Å². The molecule has 134 valence electrons. The topological polar surface area (TPSA) is 41.6 Å². The highest BCUT2D eigenvalue weighted by atomic mass is 19.4. The zero-order valence-electron chi connectivity index (χ0n) is 13.9. The molecule has 1 saturated heterocycles. The Labute approximate surface area is 140 Å². The molecule has 1 amide bonds. The third kappa shape index (κ3) is 5.49. The van der Waals surface area contributed by atoms with Crippen LogP contribution in [0.15, 0.2) is 24.3 Å². The second-order valence-electron chi connectivity index (χ2n) is 6.28. The lowest BCUT2D eigenvalue weighted by Crippen LogP contribution is -2.46. The van der Waals surface area contributed by atoms with Gasteiger partial charge in [0, 0.05) is 26.1 Å². The smallest absolute Gasteiger partial charge is 0.374 e. The maximum absolute atomic E-state index is 12.6. The van der Waals surface area contributed by atoms with Gasteiger partial charge in [0.25, 0.3) is 0 Å². The summed E-state index contributed by atoms with van der Waals surface area (Å²) in [6, 6.07) is 4.96. The molecular formula is C17H23F3N2O2. The normalized spacial score (nSPS) is 20.6. The molecule has 0 radical (unpaired) electrons. The van der Waals surface area contributed by atoms with E-state index in [1.54, 1.807) is 0 Å². The van der Waals surface area contributed by atoms with Crippen LogP contribution in [0.1, 0.15) is 30.4 Å². The summed E-state index contributed by atoms with van der Waals surface area (Å²) in [4.78, 5) is 14.2. The van der Waals surface area contributed by atoms with Crippen molar-refractivity contribution in [2.45, 2.75) is 31.5 Å². The van der Waals surface area contributed by atoms with Crippen LogP contribution in [0.3, 0.4) is 0 Å². The van der Waals surface area contributed by atoms with Crippen LogP contribution >= 0.6 is 0 Å². The van der Waals surface area contributed by atoms with Gasteiger partial charge in [-0.25, -0.2) is 0 Å². The first kappa shape index (κ1) is 18.7. The van der Waals surface area contributed by atoms with Crippen molar-refractivity contribution in [2.24, 2.45) is 0 Å². The average molecular weight is 344 g/mol. The van der Waals surface area contributed by atoms with E-state index in [9.17, 15) is 18.0 Å². The van der Waals surface area contributed by atoms with Crippen LogP contribution in [0.4, 0.5) is 13.2 Å². The Morgan fingerprint density at radius 3 is 2.62 bits per heavy atom.